The maximum atomic E-state index is 12.3. The van der Waals surface area contributed by atoms with E-state index in [9.17, 15) is 15.0 Å². The van der Waals surface area contributed by atoms with Gasteiger partial charge in [0.05, 0.1) is 24.4 Å². The van der Waals surface area contributed by atoms with Crippen LogP contribution in [0.3, 0.4) is 0 Å². The first kappa shape index (κ1) is 17.2. The summed E-state index contributed by atoms with van der Waals surface area (Å²) in [5, 5.41) is 21.9. The molecule has 3 N–H and O–H groups in total. The van der Waals surface area contributed by atoms with Gasteiger partial charge in [0.2, 0.25) is 11.7 Å². The summed E-state index contributed by atoms with van der Waals surface area (Å²) in [5.41, 5.74) is 1.24. The summed E-state index contributed by atoms with van der Waals surface area (Å²) < 4.78 is 5.56. The second kappa shape index (κ2) is 7.89. The van der Waals surface area contributed by atoms with Gasteiger partial charge in [0.1, 0.15) is 0 Å². The second-order valence-electron chi connectivity index (χ2n) is 5.42. The number of hydrogen-bond acceptors (Lipinski definition) is 5. The molecule has 0 bridgehead atoms. The van der Waals surface area contributed by atoms with Gasteiger partial charge < -0.3 is 19.9 Å². The fourth-order valence-corrected chi connectivity index (χ4v) is 2.31. The van der Waals surface area contributed by atoms with Gasteiger partial charge >= 0.3 is 0 Å². The van der Waals surface area contributed by atoms with Crippen molar-refractivity contribution in [1.82, 2.24) is 10.3 Å². The van der Waals surface area contributed by atoms with E-state index in [-0.39, 0.29) is 12.4 Å². The predicted octanol–water partition coefficient (Wildman–Crippen LogP) is 1.90. The number of benzene rings is 1. The van der Waals surface area contributed by atoms with Crippen LogP contribution in [-0.4, -0.2) is 39.9 Å². The highest BCUT2D eigenvalue weighted by Crippen LogP contribution is 2.21. The molecule has 6 heteroatoms. The molecule has 1 amide bonds. The molecule has 0 aliphatic carbocycles. The zero-order valence-electron chi connectivity index (χ0n) is 13.3. The molecule has 1 aromatic carbocycles. The third-order valence-electron chi connectivity index (χ3n) is 3.59. The number of aryl methyl sites for hydroxylation is 1. The first-order valence-electron chi connectivity index (χ1n) is 7.69. The number of hydrogen-bond donors (Lipinski definition) is 3. The van der Waals surface area contributed by atoms with Crippen LogP contribution in [0.25, 0.3) is 11.5 Å². The van der Waals surface area contributed by atoms with Crippen molar-refractivity contribution in [3.63, 3.8) is 0 Å². The SMILES string of the molecule is CCC[C@@H](O)[C@@H](CO)NC(=O)c1oc(-c2ccccc2)nc1C. The van der Waals surface area contributed by atoms with Crippen LogP contribution >= 0.6 is 0 Å². The quantitative estimate of drug-likeness (QED) is 0.724. The zero-order valence-corrected chi connectivity index (χ0v) is 13.3. The first-order valence-corrected chi connectivity index (χ1v) is 7.69. The topological polar surface area (TPSA) is 95.6 Å². The van der Waals surface area contributed by atoms with Crippen LogP contribution in [0.15, 0.2) is 34.7 Å². The van der Waals surface area contributed by atoms with E-state index in [2.05, 4.69) is 10.3 Å². The van der Waals surface area contributed by atoms with Crippen LogP contribution in [-0.2, 0) is 0 Å². The van der Waals surface area contributed by atoms with Gasteiger partial charge in [-0.05, 0) is 25.5 Å². The fourth-order valence-electron chi connectivity index (χ4n) is 2.31. The number of carbonyl (C=O) groups excluding carboxylic acids is 1. The molecule has 0 saturated heterocycles. The van der Waals surface area contributed by atoms with Crippen molar-refractivity contribution < 1.29 is 19.4 Å². The number of carbonyl (C=O) groups is 1. The van der Waals surface area contributed by atoms with Crippen molar-refractivity contribution in [1.29, 1.82) is 0 Å². The summed E-state index contributed by atoms with van der Waals surface area (Å²) in [7, 11) is 0. The van der Waals surface area contributed by atoms with E-state index in [1.807, 2.05) is 37.3 Å². The van der Waals surface area contributed by atoms with E-state index in [4.69, 9.17) is 4.42 Å². The molecule has 0 aliphatic heterocycles. The number of nitrogens with zero attached hydrogens (tertiary/aromatic N) is 1. The highest BCUT2D eigenvalue weighted by atomic mass is 16.4. The molecule has 124 valence electrons. The Morgan fingerprint density at radius 3 is 2.65 bits per heavy atom. The summed E-state index contributed by atoms with van der Waals surface area (Å²) in [6, 6.07) is 8.55. The molecule has 0 unspecified atom stereocenters. The summed E-state index contributed by atoms with van der Waals surface area (Å²) >= 11 is 0. The minimum absolute atomic E-state index is 0.0889. The van der Waals surface area contributed by atoms with Crippen LogP contribution in [0.2, 0.25) is 0 Å². The van der Waals surface area contributed by atoms with Crippen LogP contribution < -0.4 is 5.32 Å². The molecule has 0 spiro atoms. The van der Waals surface area contributed by atoms with Crippen LogP contribution in [0.4, 0.5) is 0 Å². The summed E-state index contributed by atoms with van der Waals surface area (Å²) in [6.07, 6.45) is 0.453. The fraction of sp³-hybridized carbons (Fsp3) is 0.412. The number of nitrogens with one attached hydrogen (secondary N) is 1. The Balaban J connectivity index is 2.15. The van der Waals surface area contributed by atoms with E-state index in [0.29, 0.717) is 18.0 Å². The maximum Gasteiger partial charge on any atom is 0.289 e. The lowest BCUT2D eigenvalue weighted by Crippen LogP contribution is -2.45. The Morgan fingerprint density at radius 2 is 2.04 bits per heavy atom. The lowest BCUT2D eigenvalue weighted by molar-refractivity contribution is 0.0652. The average molecular weight is 318 g/mol. The molecule has 1 aromatic heterocycles. The van der Waals surface area contributed by atoms with Crippen molar-refractivity contribution >= 4 is 5.91 Å². The number of aliphatic hydroxyl groups excluding tert-OH is 2. The number of rotatable bonds is 7. The molecule has 6 nitrogen and oxygen atoms in total. The molecule has 23 heavy (non-hydrogen) atoms. The molecule has 0 saturated carbocycles. The second-order valence-corrected chi connectivity index (χ2v) is 5.42. The van der Waals surface area contributed by atoms with Crippen molar-refractivity contribution in [2.24, 2.45) is 0 Å². The first-order chi connectivity index (χ1) is 11.1. The molecule has 2 atom stereocenters. The normalized spacial score (nSPS) is 13.6. The lowest BCUT2D eigenvalue weighted by atomic mass is 10.1. The Hall–Kier alpha value is -2.18. The molecule has 0 aliphatic rings. The smallest absolute Gasteiger partial charge is 0.289 e. The summed E-state index contributed by atoms with van der Waals surface area (Å²) in [5.74, 6) is -0.0414. The van der Waals surface area contributed by atoms with Crippen molar-refractivity contribution in [2.75, 3.05) is 6.61 Å². The van der Waals surface area contributed by atoms with E-state index >= 15 is 0 Å². The van der Waals surface area contributed by atoms with E-state index in [0.717, 1.165) is 12.0 Å². The maximum absolute atomic E-state index is 12.3. The number of aliphatic hydroxyl groups is 2. The third kappa shape index (κ3) is 4.18. The van der Waals surface area contributed by atoms with Gasteiger partial charge in [-0.2, -0.15) is 0 Å². The number of aromatic nitrogens is 1. The van der Waals surface area contributed by atoms with Gasteiger partial charge in [-0.25, -0.2) is 4.98 Å². The van der Waals surface area contributed by atoms with Crippen molar-refractivity contribution in [3.8, 4) is 11.5 Å². The summed E-state index contributed by atoms with van der Waals surface area (Å²) in [4.78, 5) is 16.6. The van der Waals surface area contributed by atoms with Gasteiger partial charge in [-0.15, -0.1) is 0 Å². The highest BCUT2D eigenvalue weighted by Gasteiger charge is 2.24. The van der Waals surface area contributed by atoms with Crippen molar-refractivity contribution in [2.45, 2.75) is 38.8 Å². The Morgan fingerprint density at radius 1 is 1.35 bits per heavy atom. The van der Waals surface area contributed by atoms with Gasteiger partial charge in [0.15, 0.2) is 0 Å². The van der Waals surface area contributed by atoms with E-state index < -0.39 is 18.1 Å². The zero-order chi connectivity index (χ0) is 16.8. The Kier molecular flexibility index (Phi) is 5.90. The van der Waals surface area contributed by atoms with Gasteiger partial charge in [-0.1, -0.05) is 31.5 Å². The number of amides is 1. The highest BCUT2D eigenvalue weighted by molar-refractivity contribution is 5.93. The summed E-state index contributed by atoms with van der Waals surface area (Å²) in [6.45, 7) is 3.26. The standard InChI is InChI=1S/C17H22N2O4/c1-3-7-14(21)13(10-20)19-16(22)15-11(2)18-17(23-15)12-8-5-4-6-9-12/h4-6,8-9,13-14,20-21H,3,7,10H2,1-2H3,(H,19,22)/t13-,14-/m1/s1. The Labute approximate surface area is 135 Å². The van der Waals surface area contributed by atoms with Gasteiger partial charge in [-0.3, -0.25) is 4.79 Å². The van der Waals surface area contributed by atoms with Gasteiger partial charge in [0.25, 0.3) is 5.91 Å². The molecule has 2 rings (SSSR count). The van der Waals surface area contributed by atoms with Crippen LogP contribution in [0.5, 0.6) is 0 Å². The van der Waals surface area contributed by atoms with Crippen LogP contribution in [0.1, 0.15) is 36.0 Å². The number of oxazole rings is 1. The third-order valence-corrected chi connectivity index (χ3v) is 3.59. The lowest BCUT2D eigenvalue weighted by Gasteiger charge is -2.21. The van der Waals surface area contributed by atoms with Gasteiger partial charge in [0, 0.05) is 5.56 Å². The minimum atomic E-state index is -0.800. The predicted molar refractivity (Wildman–Crippen MR) is 85.9 cm³/mol. The van der Waals surface area contributed by atoms with Crippen LogP contribution in [0, 0.1) is 6.92 Å². The largest absolute Gasteiger partial charge is 0.431 e. The molecule has 0 radical (unpaired) electrons. The monoisotopic (exact) mass is 318 g/mol. The van der Waals surface area contributed by atoms with Crippen molar-refractivity contribution in [3.05, 3.63) is 41.8 Å². The Bertz CT molecular complexity index is 639. The van der Waals surface area contributed by atoms with E-state index in [1.54, 1.807) is 6.92 Å². The van der Waals surface area contributed by atoms with E-state index in [1.165, 1.54) is 0 Å². The molecule has 0 fully saturated rings. The molecular formula is C17H22N2O4. The molecule has 2 aromatic rings. The molecule has 1 heterocycles. The average Bonchev–Trinajstić information content (AvgIpc) is 2.95. The minimum Gasteiger partial charge on any atom is -0.431 e. The molecular weight excluding hydrogens is 296 g/mol.